The second-order valence-corrected chi connectivity index (χ2v) is 22.9. The predicted molar refractivity (Wildman–Crippen MR) is 137 cm³/mol. The lowest BCUT2D eigenvalue weighted by Crippen LogP contribution is -2.58. The Morgan fingerprint density at radius 2 is 1.65 bits per heavy atom. The molecular formula is C27H50O2Si2. The van der Waals surface area contributed by atoms with Crippen LogP contribution in [0.2, 0.25) is 39.3 Å². The molecule has 0 amide bonds. The number of fused-ring (bicyclic) bond motifs is 5. The fourth-order valence-corrected chi connectivity index (χ4v) is 11.0. The molecule has 0 N–H and O–H groups in total. The molecule has 4 rings (SSSR count). The van der Waals surface area contributed by atoms with E-state index in [0.29, 0.717) is 29.0 Å². The third-order valence-corrected chi connectivity index (χ3v) is 11.7. The molecule has 0 heterocycles. The van der Waals surface area contributed by atoms with Crippen LogP contribution < -0.4 is 0 Å². The SMILES string of the molecule is CC[C@H]1CCC2C3CC=C4C[C@@H](O[Si](C)(C)C)CC[C@]4(C)C3[C@@H](O[Si](C)(C)C)C[C@@]21C. The monoisotopic (exact) mass is 462 g/mol. The summed E-state index contributed by atoms with van der Waals surface area (Å²) in [5.41, 5.74) is 2.53. The second kappa shape index (κ2) is 8.10. The fraction of sp³-hybridized carbons (Fsp3) is 0.926. The molecule has 0 spiro atoms. The first-order valence-corrected chi connectivity index (χ1v) is 20.1. The van der Waals surface area contributed by atoms with Crippen molar-refractivity contribution in [2.45, 2.75) is 124 Å². The minimum absolute atomic E-state index is 0.318. The van der Waals surface area contributed by atoms with Gasteiger partial charge in [0.15, 0.2) is 16.6 Å². The van der Waals surface area contributed by atoms with Gasteiger partial charge in [-0.05, 0) is 119 Å². The van der Waals surface area contributed by atoms with E-state index in [-0.39, 0.29) is 0 Å². The first-order chi connectivity index (χ1) is 14.3. The van der Waals surface area contributed by atoms with E-state index in [2.05, 4.69) is 66.1 Å². The van der Waals surface area contributed by atoms with Gasteiger partial charge in [0.2, 0.25) is 0 Å². The van der Waals surface area contributed by atoms with Crippen LogP contribution in [0.15, 0.2) is 11.6 Å². The Morgan fingerprint density at radius 1 is 0.968 bits per heavy atom. The molecule has 0 radical (unpaired) electrons. The van der Waals surface area contributed by atoms with Crippen molar-refractivity contribution in [3.8, 4) is 0 Å². The first-order valence-electron chi connectivity index (χ1n) is 13.3. The van der Waals surface area contributed by atoms with Gasteiger partial charge in [-0.1, -0.05) is 38.8 Å². The van der Waals surface area contributed by atoms with Gasteiger partial charge in [-0.25, -0.2) is 0 Å². The zero-order chi connectivity index (χ0) is 22.8. The van der Waals surface area contributed by atoms with E-state index in [1.54, 1.807) is 5.57 Å². The Balaban J connectivity index is 1.67. The van der Waals surface area contributed by atoms with Gasteiger partial charge in [0.25, 0.3) is 0 Å². The lowest BCUT2D eigenvalue weighted by atomic mass is 9.46. The summed E-state index contributed by atoms with van der Waals surface area (Å²) in [6.07, 6.45) is 14.1. The topological polar surface area (TPSA) is 18.5 Å². The van der Waals surface area contributed by atoms with Crippen molar-refractivity contribution in [3.63, 3.8) is 0 Å². The van der Waals surface area contributed by atoms with Gasteiger partial charge in [-0.15, -0.1) is 0 Å². The van der Waals surface area contributed by atoms with E-state index >= 15 is 0 Å². The highest BCUT2D eigenvalue weighted by Crippen LogP contribution is 2.67. The summed E-state index contributed by atoms with van der Waals surface area (Å²) < 4.78 is 13.7. The molecule has 0 aliphatic heterocycles. The molecule has 0 aromatic carbocycles. The minimum Gasteiger partial charge on any atom is -0.414 e. The van der Waals surface area contributed by atoms with E-state index < -0.39 is 16.6 Å². The quantitative estimate of drug-likeness (QED) is 0.304. The molecule has 0 bridgehead atoms. The van der Waals surface area contributed by atoms with Crippen LogP contribution in [-0.4, -0.2) is 28.8 Å². The number of allylic oxidation sites excluding steroid dienone is 1. The number of hydrogen-bond donors (Lipinski definition) is 0. The van der Waals surface area contributed by atoms with Gasteiger partial charge in [-0.3, -0.25) is 0 Å². The molecule has 3 saturated carbocycles. The molecule has 3 unspecified atom stereocenters. The molecule has 4 aliphatic carbocycles. The van der Waals surface area contributed by atoms with Crippen LogP contribution in [0.1, 0.15) is 72.1 Å². The second-order valence-electron chi connectivity index (χ2n) is 13.9. The summed E-state index contributed by atoms with van der Waals surface area (Å²) in [6, 6.07) is 0. The van der Waals surface area contributed by atoms with Crippen molar-refractivity contribution in [1.29, 1.82) is 0 Å². The molecule has 178 valence electrons. The van der Waals surface area contributed by atoms with Crippen molar-refractivity contribution in [2.24, 2.45) is 34.5 Å². The van der Waals surface area contributed by atoms with Gasteiger partial charge < -0.3 is 8.85 Å². The third-order valence-electron chi connectivity index (χ3n) is 9.68. The summed E-state index contributed by atoms with van der Waals surface area (Å²) in [5, 5.41) is 0. The van der Waals surface area contributed by atoms with E-state index in [1.165, 1.54) is 51.4 Å². The standard InChI is InChI=1S/C27H50O2Si2/c1-10-19-12-14-23-22-13-11-20-17-21(28-30(4,5)6)15-16-26(20,2)25(22)24(18-27(19,23)3)29-31(7,8)9/h11,19,21-25H,10,12-18H2,1-9H3/t19-,21-,22?,23?,24-,25?,26-,27+/m0/s1. The highest BCUT2D eigenvalue weighted by atomic mass is 28.4. The van der Waals surface area contributed by atoms with Crippen molar-refractivity contribution in [2.75, 3.05) is 0 Å². The third kappa shape index (κ3) is 4.45. The first kappa shape index (κ1) is 24.2. The molecule has 0 saturated heterocycles. The van der Waals surface area contributed by atoms with Gasteiger partial charge in [-0.2, -0.15) is 0 Å². The average molecular weight is 463 g/mol. The average Bonchev–Trinajstić information content (AvgIpc) is 2.95. The molecular weight excluding hydrogens is 412 g/mol. The Hall–Kier alpha value is 0.0938. The van der Waals surface area contributed by atoms with Gasteiger partial charge in [0, 0.05) is 12.2 Å². The smallest absolute Gasteiger partial charge is 0.184 e. The van der Waals surface area contributed by atoms with Crippen molar-refractivity contribution in [3.05, 3.63) is 11.6 Å². The van der Waals surface area contributed by atoms with Crippen LogP contribution in [0, 0.1) is 34.5 Å². The van der Waals surface area contributed by atoms with E-state index in [0.717, 1.165) is 17.8 Å². The highest BCUT2D eigenvalue weighted by molar-refractivity contribution is 6.70. The maximum absolute atomic E-state index is 7.12. The molecule has 4 heteroatoms. The lowest BCUT2D eigenvalue weighted by Gasteiger charge is -2.61. The van der Waals surface area contributed by atoms with E-state index in [4.69, 9.17) is 8.85 Å². The van der Waals surface area contributed by atoms with Crippen LogP contribution in [0.4, 0.5) is 0 Å². The fourth-order valence-electron chi connectivity index (χ4n) is 8.66. The predicted octanol–water partition coefficient (Wildman–Crippen LogP) is 8.03. The molecule has 8 atom stereocenters. The van der Waals surface area contributed by atoms with Crippen molar-refractivity contribution in [1.82, 2.24) is 0 Å². The van der Waals surface area contributed by atoms with Crippen LogP contribution in [0.5, 0.6) is 0 Å². The Bertz CT molecular complexity index is 705. The largest absolute Gasteiger partial charge is 0.414 e. The van der Waals surface area contributed by atoms with Gasteiger partial charge >= 0.3 is 0 Å². The Labute approximate surface area is 195 Å². The maximum atomic E-state index is 7.12. The van der Waals surface area contributed by atoms with E-state index in [9.17, 15) is 0 Å². The molecule has 0 aromatic rings. The van der Waals surface area contributed by atoms with Crippen LogP contribution in [-0.2, 0) is 8.85 Å². The zero-order valence-electron chi connectivity index (χ0n) is 22.0. The molecule has 0 aromatic heterocycles. The number of rotatable bonds is 5. The summed E-state index contributed by atoms with van der Waals surface area (Å²) >= 11 is 0. The number of hydrogen-bond acceptors (Lipinski definition) is 2. The molecule has 2 nitrogen and oxygen atoms in total. The minimum atomic E-state index is -1.60. The van der Waals surface area contributed by atoms with Gasteiger partial charge in [0.05, 0.1) is 0 Å². The Morgan fingerprint density at radius 3 is 2.26 bits per heavy atom. The molecule has 31 heavy (non-hydrogen) atoms. The van der Waals surface area contributed by atoms with Crippen LogP contribution in [0.3, 0.4) is 0 Å². The molecule has 4 aliphatic rings. The summed E-state index contributed by atoms with van der Waals surface area (Å²) in [6.45, 7) is 21.9. The summed E-state index contributed by atoms with van der Waals surface area (Å²) in [4.78, 5) is 0. The normalized spacial score (nSPS) is 45.5. The summed E-state index contributed by atoms with van der Waals surface area (Å²) in [5.74, 6) is 3.32. The van der Waals surface area contributed by atoms with Crippen molar-refractivity contribution < 1.29 is 8.85 Å². The van der Waals surface area contributed by atoms with Crippen LogP contribution >= 0.6 is 0 Å². The lowest BCUT2D eigenvalue weighted by molar-refractivity contribution is -0.118. The Kier molecular flexibility index (Phi) is 6.33. The zero-order valence-corrected chi connectivity index (χ0v) is 24.0. The molecule has 3 fully saturated rings. The maximum Gasteiger partial charge on any atom is 0.184 e. The van der Waals surface area contributed by atoms with Crippen LogP contribution in [0.25, 0.3) is 0 Å². The van der Waals surface area contributed by atoms with E-state index in [1.807, 2.05) is 0 Å². The highest BCUT2D eigenvalue weighted by Gasteiger charge is 2.62. The van der Waals surface area contributed by atoms with Crippen molar-refractivity contribution >= 4 is 16.6 Å². The summed E-state index contributed by atoms with van der Waals surface area (Å²) in [7, 11) is -3.09. The van der Waals surface area contributed by atoms with Gasteiger partial charge in [0.1, 0.15) is 0 Å².